The number of nitrogens with zero attached hydrogens (tertiary/aromatic N) is 2. The number of aliphatic hydroxyl groups excluding tert-OH is 1. The van der Waals surface area contributed by atoms with Gasteiger partial charge in [0.25, 0.3) is 5.69 Å². The number of nitro benzene ring substituents is 2. The number of nitrogens with one attached hydrogen (secondary N) is 2. The van der Waals surface area contributed by atoms with Gasteiger partial charge in [-0.05, 0) is 42.7 Å². The quantitative estimate of drug-likeness (QED) is 0.418. The Morgan fingerprint density at radius 3 is 2.57 bits per heavy atom. The van der Waals surface area contributed by atoms with E-state index in [1.807, 2.05) is 0 Å². The van der Waals surface area contributed by atoms with Crippen molar-refractivity contribution in [3.05, 3.63) is 73.2 Å². The van der Waals surface area contributed by atoms with Crippen LogP contribution in [0.25, 0.3) is 10.9 Å². The lowest BCUT2D eigenvalue weighted by atomic mass is 10.0. The molecule has 0 fully saturated rings. The van der Waals surface area contributed by atoms with Crippen LogP contribution in [0.1, 0.15) is 16.7 Å². The van der Waals surface area contributed by atoms with Crippen molar-refractivity contribution in [1.29, 1.82) is 0 Å². The van der Waals surface area contributed by atoms with Gasteiger partial charge in [-0.25, -0.2) is 4.39 Å². The molecule has 3 N–H and O–H groups in total. The van der Waals surface area contributed by atoms with Crippen molar-refractivity contribution in [2.45, 2.75) is 20.0 Å². The molecule has 10 heteroatoms. The van der Waals surface area contributed by atoms with Crippen LogP contribution < -0.4 is 5.32 Å². The number of anilines is 1. The number of nitro groups is 2. The van der Waals surface area contributed by atoms with E-state index in [9.17, 15) is 29.7 Å². The van der Waals surface area contributed by atoms with Gasteiger partial charge in [0.2, 0.25) is 0 Å². The minimum atomic E-state index is -0.720. The Bertz CT molecular complexity index is 1080. The van der Waals surface area contributed by atoms with Gasteiger partial charge in [-0.2, -0.15) is 0 Å². The first-order chi connectivity index (χ1) is 13.3. The molecule has 0 saturated heterocycles. The largest absolute Gasteiger partial charge is 0.392 e. The van der Waals surface area contributed by atoms with E-state index in [1.165, 1.54) is 19.1 Å². The summed E-state index contributed by atoms with van der Waals surface area (Å²) in [6.45, 7) is 1.08. The Morgan fingerprint density at radius 2 is 1.93 bits per heavy atom. The average molecular weight is 388 g/mol. The molecular formula is C18H17FN4O5. The van der Waals surface area contributed by atoms with Crippen LogP contribution in [0.4, 0.5) is 21.5 Å². The van der Waals surface area contributed by atoms with E-state index in [0.717, 1.165) is 17.0 Å². The van der Waals surface area contributed by atoms with E-state index in [-0.39, 0.29) is 29.2 Å². The molecule has 0 spiro atoms. The molecule has 3 rings (SSSR count). The van der Waals surface area contributed by atoms with Crippen LogP contribution in [0.2, 0.25) is 0 Å². The first-order valence-corrected chi connectivity index (χ1v) is 8.39. The molecule has 1 aromatic heterocycles. The molecule has 0 radical (unpaired) electrons. The summed E-state index contributed by atoms with van der Waals surface area (Å²) in [4.78, 5) is 24.4. The highest BCUT2D eigenvalue weighted by atomic mass is 19.1. The van der Waals surface area contributed by atoms with Crippen LogP contribution in [0, 0.1) is 33.0 Å². The first kappa shape index (κ1) is 19.2. The smallest absolute Gasteiger partial charge is 0.302 e. The fraction of sp³-hybridized carbons (Fsp3) is 0.222. The molecule has 0 amide bonds. The molecule has 1 heterocycles. The molecule has 28 heavy (non-hydrogen) atoms. The van der Waals surface area contributed by atoms with Crippen LogP contribution in [0.5, 0.6) is 0 Å². The normalized spacial score (nSPS) is 11.0. The zero-order valence-electron chi connectivity index (χ0n) is 14.9. The second kappa shape index (κ2) is 7.61. The molecule has 0 atom stereocenters. The van der Waals surface area contributed by atoms with Gasteiger partial charge >= 0.3 is 5.69 Å². The SMILES string of the molecule is Cc1c(CO)cc([N+](=O)[O-])c(NCCc2c[nH]c3cc(F)ccc23)c1[N+](=O)[O-]. The van der Waals surface area contributed by atoms with Gasteiger partial charge < -0.3 is 15.4 Å². The maximum Gasteiger partial charge on any atom is 0.302 e. The Kier molecular flexibility index (Phi) is 5.23. The van der Waals surface area contributed by atoms with Crippen LogP contribution in [0.3, 0.4) is 0 Å². The van der Waals surface area contributed by atoms with Crippen molar-refractivity contribution in [1.82, 2.24) is 4.98 Å². The molecule has 0 aliphatic heterocycles. The molecule has 146 valence electrons. The minimum absolute atomic E-state index is 0.127. The number of hydrogen-bond acceptors (Lipinski definition) is 6. The lowest BCUT2D eigenvalue weighted by Crippen LogP contribution is -2.11. The van der Waals surface area contributed by atoms with Crippen molar-refractivity contribution in [3.63, 3.8) is 0 Å². The standard InChI is InChI=1S/C18H17FN4O5/c1-10-12(9-24)6-16(22(25)26)17(18(10)23(27)28)20-5-4-11-8-21-15-7-13(19)2-3-14(11)15/h2-3,6-8,20-21,24H,4-5,9H2,1H3. The van der Waals surface area contributed by atoms with Crippen LogP contribution in [-0.4, -0.2) is 26.5 Å². The molecule has 0 unspecified atom stereocenters. The average Bonchev–Trinajstić information content (AvgIpc) is 3.03. The van der Waals surface area contributed by atoms with Crippen molar-refractivity contribution >= 4 is 28.0 Å². The van der Waals surface area contributed by atoms with E-state index in [0.29, 0.717) is 11.9 Å². The number of benzene rings is 2. The molecule has 0 aliphatic carbocycles. The minimum Gasteiger partial charge on any atom is -0.392 e. The number of aromatic nitrogens is 1. The number of aliphatic hydroxyl groups is 1. The molecule has 0 aliphatic rings. The van der Waals surface area contributed by atoms with Gasteiger partial charge in [-0.3, -0.25) is 20.2 Å². The fourth-order valence-corrected chi connectivity index (χ4v) is 3.20. The Hall–Kier alpha value is -3.53. The number of hydrogen-bond donors (Lipinski definition) is 3. The summed E-state index contributed by atoms with van der Waals surface area (Å²) >= 11 is 0. The molecule has 0 saturated carbocycles. The van der Waals surface area contributed by atoms with Gasteiger partial charge in [-0.1, -0.05) is 0 Å². The fourth-order valence-electron chi connectivity index (χ4n) is 3.20. The van der Waals surface area contributed by atoms with E-state index in [1.54, 1.807) is 12.3 Å². The summed E-state index contributed by atoms with van der Waals surface area (Å²) in [5.74, 6) is -0.371. The number of aromatic amines is 1. The molecule has 2 aromatic carbocycles. The van der Waals surface area contributed by atoms with Gasteiger partial charge in [0, 0.05) is 35.3 Å². The maximum absolute atomic E-state index is 13.3. The maximum atomic E-state index is 13.3. The van der Waals surface area contributed by atoms with E-state index in [4.69, 9.17) is 0 Å². The van der Waals surface area contributed by atoms with Gasteiger partial charge in [0.15, 0.2) is 5.69 Å². The van der Waals surface area contributed by atoms with E-state index in [2.05, 4.69) is 10.3 Å². The van der Waals surface area contributed by atoms with Crippen LogP contribution >= 0.6 is 0 Å². The number of fused-ring (bicyclic) bond motifs is 1. The Labute approximate surface area is 158 Å². The van der Waals surface area contributed by atoms with E-state index < -0.39 is 27.8 Å². The second-order valence-electron chi connectivity index (χ2n) is 6.26. The topological polar surface area (TPSA) is 134 Å². The van der Waals surface area contributed by atoms with Crippen LogP contribution in [-0.2, 0) is 13.0 Å². The lowest BCUT2D eigenvalue weighted by Gasteiger charge is -2.12. The van der Waals surface area contributed by atoms with Crippen molar-refractivity contribution < 1.29 is 19.3 Å². The molecule has 9 nitrogen and oxygen atoms in total. The van der Waals surface area contributed by atoms with E-state index >= 15 is 0 Å². The summed E-state index contributed by atoms with van der Waals surface area (Å²) in [5, 5.41) is 35.9. The number of rotatable bonds is 7. The summed E-state index contributed by atoms with van der Waals surface area (Å²) in [5.41, 5.74) is 0.662. The van der Waals surface area contributed by atoms with Crippen molar-refractivity contribution in [2.75, 3.05) is 11.9 Å². The Morgan fingerprint density at radius 1 is 1.18 bits per heavy atom. The van der Waals surface area contributed by atoms with Crippen LogP contribution in [0.15, 0.2) is 30.5 Å². The third-order valence-electron chi connectivity index (χ3n) is 4.62. The summed E-state index contributed by atoms with van der Waals surface area (Å²) in [6.07, 6.45) is 2.11. The lowest BCUT2D eigenvalue weighted by molar-refractivity contribution is -0.392. The van der Waals surface area contributed by atoms with Gasteiger partial charge in [-0.15, -0.1) is 0 Å². The van der Waals surface area contributed by atoms with Crippen molar-refractivity contribution in [3.8, 4) is 0 Å². The predicted molar refractivity (Wildman–Crippen MR) is 101 cm³/mol. The van der Waals surface area contributed by atoms with Gasteiger partial charge in [0.1, 0.15) is 5.82 Å². The summed E-state index contributed by atoms with van der Waals surface area (Å²) < 4.78 is 13.3. The van der Waals surface area contributed by atoms with Crippen molar-refractivity contribution in [2.24, 2.45) is 0 Å². The first-order valence-electron chi connectivity index (χ1n) is 8.39. The highest BCUT2D eigenvalue weighted by molar-refractivity contribution is 5.83. The summed E-state index contributed by atoms with van der Waals surface area (Å²) in [7, 11) is 0. The zero-order chi connectivity index (χ0) is 20.4. The molecular weight excluding hydrogens is 371 g/mol. The number of halogens is 1. The highest BCUT2D eigenvalue weighted by Crippen LogP contribution is 2.39. The third kappa shape index (κ3) is 3.49. The summed E-state index contributed by atoms with van der Waals surface area (Å²) in [6, 6.07) is 5.46. The predicted octanol–water partition coefficient (Wildman–Crippen LogP) is 3.58. The second-order valence-corrected chi connectivity index (χ2v) is 6.26. The number of H-pyrrole nitrogens is 1. The molecule has 3 aromatic rings. The monoisotopic (exact) mass is 388 g/mol. The third-order valence-corrected chi connectivity index (χ3v) is 4.62. The Balaban J connectivity index is 1.91. The molecule has 0 bridgehead atoms. The highest BCUT2D eigenvalue weighted by Gasteiger charge is 2.29. The van der Waals surface area contributed by atoms with Gasteiger partial charge in [0.05, 0.1) is 16.5 Å². The zero-order valence-corrected chi connectivity index (χ0v) is 14.9.